The zero-order valence-electron chi connectivity index (χ0n) is 21.4. The van der Waals surface area contributed by atoms with Crippen LogP contribution in [0.25, 0.3) is 0 Å². The molecule has 0 aromatic carbocycles. The maximum atomic E-state index is 12.5. The largest absolute Gasteiger partial charge is 1.00 e. The van der Waals surface area contributed by atoms with Crippen molar-refractivity contribution in [3.8, 4) is 0 Å². The van der Waals surface area contributed by atoms with Crippen molar-refractivity contribution in [1.29, 1.82) is 0 Å². The first kappa shape index (κ1) is 33.0. The molecule has 0 fully saturated rings. The van der Waals surface area contributed by atoms with Crippen LogP contribution in [0.15, 0.2) is 0 Å². The molecule has 4 atom stereocenters. The van der Waals surface area contributed by atoms with Crippen LogP contribution in [0.5, 0.6) is 0 Å². The number of carboxylic acids is 2. The molecule has 0 aliphatic heterocycles. The first-order valence-electron chi connectivity index (χ1n) is 11.3. The van der Waals surface area contributed by atoms with E-state index in [0.29, 0.717) is 25.2 Å². The SMILES string of the molecule is CCC(CC)CCC(C)C(C(=O)O)C(C(=O)O)(C(C)CCC(CC)CC)S(=O)(=O)O.[H-].[Na+]. The standard InChI is InChI=1S/C22H42O7S.Na.H/c1-7-17(8-2)13-11-15(5)19(20(23)24)22(21(25)26,30(27,28)29)16(6)12-14-18(9-3)10-4;;/h15-19H,7-14H2,1-6H3,(H,23,24)(H,25,26)(H,27,28,29);;/q;+1;-1. The molecule has 4 unspecified atom stereocenters. The van der Waals surface area contributed by atoms with E-state index in [1.165, 1.54) is 6.92 Å². The van der Waals surface area contributed by atoms with Gasteiger partial charge in [-0.2, -0.15) is 8.42 Å². The fourth-order valence-corrected chi connectivity index (χ4v) is 6.29. The molecule has 0 bridgehead atoms. The summed E-state index contributed by atoms with van der Waals surface area (Å²) in [6.45, 7) is 11.1. The molecule has 9 heteroatoms. The molecule has 0 saturated carbocycles. The van der Waals surface area contributed by atoms with Gasteiger partial charge in [0.25, 0.3) is 10.1 Å². The van der Waals surface area contributed by atoms with E-state index in [0.717, 1.165) is 25.7 Å². The van der Waals surface area contributed by atoms with E-state index in [-0.39, 0.29) is 43.3 Å². The van der Waals surface area contributed by atoms with Crippen LogP contribution >= 0.6 is 0 Å². The minimum absolute atomic E-state index is 0. The van der Waals surface area contributed by atoms with Crippen LogP contribution in [0.1, 0.15) is 94.3 Å². The number of carbonyl (C=O) groups is 2. The average molecular weight is 475 g/mol. The number of rotatable bonds is 16. The Labute approximate surface area is 212 Å². The Balaban J connectivity index is -0.00000420. The van der Waals surface area contributed by atoms with Crippen LogP contribution in [0.4, 0.5) is 0 Å². The van der Waals surface area contributed by atoms with Crippen molar-refractivity contribution in [2.24, 2.45) is 29.6 Å². The van der Waals surface area contributed by atoms with Crippen LogP contribution in [-0.4, -0.2) is 39.9 Å². The van der Waals surface area contributed by atoms with Gasteiger partial charge in [-0.1, -0.05) is 80.1 Å². The third kappa shape index (κ3) is 8.29. The van der Waals surface area contributed by atoms with Gasteiger partial charge < -0.3 is 11.6 Å². The Bertz CT molecular complexity index is 651. The van der Waals surface area contributed by atoms with Crippen molar-refractivity contribution in [2.75, 3.05) is 0 Å². The van der Waals surface area contributed by atoms with Gasteiger partial charge in [0, 0.05) is 0 Å². The quantitative estimate of drug-likeness (QED) is 0.231. The van der Waals surface area contributed by atoms with Gasteiger partial charge >= 0.3 is 41.5 Å². The Morgan fingerprint density at radius 3 is 1.52 bits per heavy atom. The normalized spacial score (nSPS) is 16.9. The van der Waals surface area contributed by atoms with Crippen molar-refractivity contribution >= 4 is 22.1 Å². The topological polar surface area (TPSA) is 129 Å². The third-order valence-electron chi connectivity index (χ3n) is 7.14. The molecule has 0 aromatic rings. The molecule has 0 saturated heterocycles. The Morgan fingerprint density at radius 1 is 0.839 bits per heavy atom. The van der Waals surface area contributed by atoms with E-state index in [1.54, 1.807) is 6.92 Å². The van der Waals surface area contributed by atoms with E-state index in [4.69, 9.17) is 0 Å². The summed E-state index contributed by atoms with van der Waals surface area (Å²) in [5, 5.41) is 20.0. The number of aliphatic carboxylic acids is 2. The average Bonchev–Trinajstić information content (AvgIpc) is 2.65. The molecule has 0 heterocycles. The summed E-state index contributed by atoms with van der Waals surface area (Å²) in [5.41, 5.74) is 0. The molecule has 0 amide bonds. The smallest absolute Gasteiger partial charge is 1.00 e. The minimum atomic E-state index is -5.21. The van der Waals surface area contributed by atoms with E-state index in [1.807, 2.05) is 27.7 Å². The predicted molar refractivity (Wildman–Crippen MR) is 119 cm³/mol. The second-order valence-corrected chi connectivity index (χ2v) is 10.4. The summed E-state index contributed by atoms with van der Waals surface area (Å²) in [4.78, 5) is 24.6. The number of hydrogen-bond acceptors (Lipinski definition) is 4. The van der Waals surface area contributed by atoms with Gasteiger partial charge in [0.15, 0.2) is 0 Å². The van der Waals surface area contributed by atoms with Gasteiger partial charge in [-0.05, 0) is 36.5 Å². The van der Waals surface area contributed by atoms with E-state index in [9.17, 15) is 32.8 Å². The zero-order chi connectivity index (χ0) is 23.7. The van der Waals surface area contributed by atoms with E-state index >= 15 is 0 Å². The van der Waals surface area contributed by atoms with Crippen molar-refractivity contribution in [2.45, 2.75) is 97.7 Å². The molecule has 0 rings (SSSR count). The Kier molecular flexibility index (Phi) is 15.9. The molecule has 7 nitrogen and oxygen atoms in total. The molecular formula is C22H43NaO7S. The summed E-state index contributed by atoms with van der Waals surface area (Å²) >= 11 is 0. The molecule has 0 spiro atoms. The summed E-state index contributed by atoms with van der Waals surface area (Å²) < 4.78 is 32.4. The van der Waals surface area contributed by atoms with Crippen LogP contribution < -0.4 is 29.6 Å². The monoisotopic (exact) mass is 474 g/mol. The van der Waals surface area contributed by atoms with Gasteiger partial charge in [-0.25, -0.2) is 0 Å². The molecule has 0 radical (unpaired) electrons. The van der Waals surface area contributed by atoms with E-state index < -0.39 is 44.6 Å². The summed E-state index contributed by atoms with van der Waals surface area (Å²) in [5.74, 6) is -6.16. The van der Waals surface area contributed by atoms with Crippen molar-refractivity contribution in [3.05, 3.63) is 0 Å². The van der Waals surface area contributed by atoms with Crippen LogP contribution in [-0.2, 0) is 19.7 Å². The Hall–Kier alpha value is -0.150. The minimum Gasteiger partial charge on any atom is -1.00 e. The second kappa shape index (κ2) is 14.9. The summed E-state index contributed by atoms with van der Waals surface area (Å²) in [7, 11) is -5.21. The first-order valence-corrected chi connectivity index (χ1v) is 12.7. The van der Waals surface area contributed by atoms with Gasteiger partial charge in [-0.3, -0.25) is 14.1 Å². The molecule has 3 N–H and O–H groups in total. The van der Waals surface area contributed by atoms with Gasteiger partial charge in [0.05, 0.1) is 5.92 Å². The summed E-state index contributed by atoms with van der Waals surface area (Å²) in [6, 6.07) is 0. The zero-order valence-corrected chi connectivity index (χ0v) is 23.2. The maximum absolute atomic E-state index is 12.5. The van der Waals surface area contributed by atoms with Crippen molar-refractivity contribution in [1.82, 2.24) is 0 Å². The molecule has 180 valence electrons. The van der Waals surface area contributed by atoms with Gasteiger partial charge in [0.2, 0.25) is 4.75 Å². The molecule has 31 heavy (non-hydrogen) atoms. The van der Waals surface area contributed by atoms with Crippen LogP contribution in [0.2, 0.25) is 0 Å². The molecular weight excluding hydrogens is 431 g/mol. The van der Waals surface area contributed by atoms with Crippen LogP contribution in [0.3, 0.4) is 0 Å². The van der Waals surface area contributed by atoms with Crippen molar-refractivity contribution < 1.29 is 63.8 Å². The fraction of sp³-hybridized carbons (Fsp3) is 0.909. The maximum Gasteiger partial charge on any atom is 1.00 e. The van der Waals surface area contributed by atoms with Gasteiger partial charge in [-0.15, -0.1) is 0 Å². The predicted octanol–water partition coefficient (Wildman–Crippen LogP) is 2.22. The molecule has 0 aromatic heterocycles. The van der Waals surface area contributed by atoms with Crippen molar-refractivity contribution in [3.63, 3.8) is 0 Å². The van der Waals surface area contributed by atoms with Gasteiger partial charge in [0.1, 0.15) is 0 Å². The number of carboxylic acid groups (broad SMARTS) is 2. The fourth-order valence-electron chi connectivity index (χ4n) is 4.78. The Morgan fingerprint density at radius 2 is 1.23 bits per heavy atom. The molecule has 0 aliphatic rings. The number of hydrogen-bond donors (Lipinski definition) is 3. The van der Waals surface area contributed by atoms with E-state index in [2.05, 4.69) is 0 Å². The summed E-state index contributed by atoms with van der Waals surface area (Å²) in [6.07, 6.45) is 5.40. The third-order valence-corrected chi connectivity index (χ3v) is 8.82. The first-order chi connectivity index (χ1) is 13.8. The molecule has 0 aliphatic carbocycles. The second-order valence-electron chi connectivity index (χ2n) is 8.79. The van der Waals surface area contributed by atoms with Crippen LogP contribution in [0, 0.1) is 29.6 Å².